The van der Waals surface area contributed by atoms with E-state index in [0.29, 0.717) is 29.9 Å². The molecule has 0 saturated heterocycles. The number of nitrogens with zero attached hydrogens (tertiary/aromatic N) is 1. The van der Waals surface area contributed by atoms with Crippen LogP contribution in [0.25, 0.3) is 0 Å². The molecule has 0 spiro atoms. The average molecular weight is 427 g/mol. The molecule has 0 atom stereocenters. The first-order valence-electron chi connectivity index (χ1n) is 9.40. The number of rotatable bonds is 6. The largest absolute Gasteiger partial charge is 0.416 e. The van der Waals surface area contributed by atoms with Gasteiger partial charge in [0.25, 0.3) is 5.91 Å². The van der Waals surface area contributed by atoms with Gasteiger partial charge in [-0.15, -0.1) is 0 Å². The molecule has 2 aromatic rings. The van der Waals surface area contributed by atoms with Gasteiger partial charge < -0.3 is 10.6 Å². The second-order valence-corrected chi connectivity index (χ2v) is 7.35. The van der Waals surface area contributed by atoms with Crippen LogP contribution in [0.1, 0.15) is 41.6 Å². The van der Waals surface area contributed by atoms with Crippen LogP contribution in [0.4, 0.5) is 24.7 Å². The molecule has 1 aliphatic rings. The third-order valence-corrected chi connectivity index (χ3v) is 5.39. The molecule has 9 heteroatoms. The van der Waals surface area contributed by atoms with Crippen LogP contribution in [0.15, 0.2) is 42.6 Å². The lowest BCUT2D eigenvalue weighted by Crippen LogP contribution is -2.30. The highest BCUT2D eigenvalue weighted by Crippen LogP contribution is 2.30. The Labute approximate surface area is 172 Å². The molecular formula is C20H22ClF3N4O. The maximum absolute atomic E-state index is 12.7. The number of aromatic nitrogens is 1. The van der Waals surface area contributed by atoms with Crippen molar-refractivity contribution in [1.29, 1.82) is 0 Å². The number of carbonyl (C=O) groups is 1. The molecule has 156 valence electrons. The Morgan fingerprint density at radius 3 is 2.41 bits per heavy atom. The van der Waals surface area contributed by atoms with Gasteiger partial charge in [0.1, 0.15) is 5.82 Å². The fourth-order valence-electron chi connectivity index (χ4n) is 3.39. The molecule has 29 heavy (non-hydrogen) atoms. The van der Waals surface area contributed by atoms with Crippen molar-refractivity contribution in [1.82, 2.24) is 9.82 Å². The van der Waals surface area contributed by atoms with E-state index in [9.17, 15) is 18.0 Å². The second kappa shape index (κ2) is 9.45. The Hall–Kier alpha value is -2.32. The van der Waals surface area contributed by atoms with Crippen LogP contribution in [-0.4, -0.2) is 23.5 Å². The smallest absolute Gasteiger partial charge is 0.369 e. The summed E-state index contributed by atoms with van der Waals surface area (Å²) in [4.78, 5) is 19.6. The number of pyridine rings is 1. The third kappa shape index (κ3) is 5.83. The molecule has 3 rings (SSSR count). The molecule has 0 radical (unpaired) electrons. The molecule has 1 amide bonds. The highest BCUT2D eigenvalue weighted by atomic mass is 35.5. The molecule has 3 N–H and O–H groups in total. The summed E-state index contributed by atoms with van der Waals surface area (Å²) < 4.78 is 38.0. The lowest BCUT2D eigenvalue weighted by molar-refractivity contribution is -0.137. The van der Waals surface area contributed by atoms with Gasteiger partial charge >= 0.3 is 6.18 Å². The lowest BCUT2D eigenvalue weighted by Gasteiger charge is -2.27. The number of nitrogens with one attached hydrogen (secondary N) is 3. The minimum absolute atomic E-state index is 0.282. The van der Waals surface area contributed by atoms with Gasteiger partial charge in [-0.25, -0.2) is 9.82 Å². The highest BCUT2D eigenvalue weighted by Gasteiger charge is 2.30. The fraction of sp³-hybridized carbons (Fsp3) is 0.400. The Balaban J connectivity index is 1.61. The standard InChI is InChI=1S/C20H22ClF3N4O/c21-28-16-7-3-13(4-8-16)12-26-18-17(2-1-11-25-18)19(29)27-15-9-5-14(6-10-15)20(22,23)24/h1-2,5-6,9-11,13,16,28H,3-4,7-8,12H2,(H,25,26)(H,27,29). The van der Waals surface area contributed by atoms with Gasteiger partial charge in [-0.1, -0.05) is 0 Å². The monoisotopic (exact) mass is 426 g/mol. The van der Waals surface area contributed by atoms with Crippen molar-refractivity contribution in [3.63, 3.8) is 0 Å². The molecule has 0 unspecified atom stereocenters. The number of amides is 1. The van der Waals surface area contributed by atoms with Gasteiger partial charge in [0.15, 0.2) is 0 Å². The summed E-state index contributed by atoms with van der Waals surface area (Å²) in [6.07, 6.45) is 1.22. The minimum Gasteiger partial charge on any atom is -0.369 e. The Kier molecular flexibility index (Phi) is 6.97. The number of carbonyl (C=O) groups excluding carboxylic acids is 1. The normalized spacial score (nSPS) is 19.6. The highest BCUT2D eigenvalue weighted by molar-refractivity contribution is 6.13. The predicted molar refractivity (Wildman–Crippen MR) is 107 cm³/mol. The quantitative estimate of drug-likeness (QED) is 0.564. The van der Waals surface area contributed by atoms with Gasteiger partial charge in [-0.2, -0.15) is 13.2 Å². The van der Waals surface area contributed by atoms with Crippen molar-refractivity contribution in [3.05, 3.63) is 53.7 Å². The summed E-state index contributed by atoms with van der Waals surface area (Å²) >= 11 is 5.68. The SMILES string of the molecule is O=C(Nc1ccc(C(F)(F)F)cc1)c1cccnc1NCC1CCC(NCl)CC1. The van der Waals surface area contributed by atoms with E-state index in [4.69, 9.17) is 11.8 Å². The molecular weight excluding hydrogens is 405 g/mol. The van der Waals surface area contributed by atoms with Crippen LogP contribution in [0.2, 0.25) is 0 Å². The maximum Gasteiger partial charge on any atom is 0.416 e. The third-order valence-electron chi connectivity index (χ3n) is 5.08. The molecule has 1 aromatic heterocycles. The van der Waals surface area contributed by atoms with E-state index < -0.39 is 17.6 Å². The topological polar surface area (TPSA) is 66.0 Å². The van der Waals surface area contributed by atoms with Gasteiger partial charge in [-0.05, 0) is 79.8 Å². The number of benzene rings is 1. The second-order valence-electron chi connectivity index (χ2n) is 7.14. The van der Waals surface area contributed by atoms with Crippen LogP contribution in [0.5, 0.6) is 0 Å². The molecule has 0 aliphatic heterocycles. The lowest BCUT2D eigenvalue weighted by atomic mass is 9.86. The fourth-order valence-corrected chi connectivity index (χ4v) is 3.61. The molecule has 1 aliphatic carbocycles. The van der Waals surface area contributed by atoms with E-state index in [0.717, 1.165) is 37.8 Å². The number of alkyl halides is 3. The van der Waals surface area contributed by atoms with Crippen molar-refractivity contribution in [2.45, 2.75) is 37.9 Å². The molecule has 1 aromatic carbocycles. The van der Waals surface area contributed by atoms with Gasteiger partial charge in [0.05, 0.1) is 11.1 Å². The minimum atomic E-state index is -4.41. The van der Waals surface area contributed by atoms with Crippen LogP contribution >= 0.6 is 11.8 Å². The zero-order valence-electron chi connectivity index (χ0n) is 15.6. The summed E-state index contributed by atoms with van der Waals surface area (Å²) in [5.41, 5.74) is -0.147. The van der Waals surface area contributed by atoms with E-state index in [2.05, 4.69) is 20.5 Å². The molecule has 1 saturated carbocycles. The van der Waals surface area contributed by atoms with Crippen molar-refractivity contribution in [3.8, 4) is 0 Å². The van der Waals surface area contributed by atoms with E-state index >= 15 is 0 Å². The van der Waals surface area contributed by atoms with Crippen molar-refractivity contribution < 1.29 is 18.0 Å². The summed E-state index contributed by atoms with van der Waals surface area (Å²) in [6.45, 7) is 0.687. The summed E-state index contributed by atoms with van der Waals surface area (Å²) in [5.74, 6) is 0.481. The predicted octanol–water partition coefficient (Wildman–Crippen LogP) is 5.07. The summed E-state index contributed by atoms with van der Waals surface area (Å²) in [5, 5.41) is 5.86. The summed E-state index contributed by atoms with van der Waals surface area (Å²) in [7, 11) is 0. The molecule has 1 fully saturated rings. The zero-order chi connectivity index (χ0) is 20.9. The van der Waals surface area contributed by atoms with E-state index in [1.807, 2.05) is 0 Å². The molecule has 1 heterocycles. The van der Waals surface area contributed by atoms with Gasteiger partial charge in [-0.3, -0.25) is 4.79 Å². The van der Waals surface area contributed by atoms with Crippen molar-refractivity contribution >= 4 is 29.2 Å². The Bertz CT molecular complexity index is 821. The van der Waals surface area contributed by atoms with Crippen LogP contribution in [-0.2, 0) is 6.18 Å². The number of anilines is 2. The Morgan fingerprint density at radius 1 is 1.10 bits per heavy atom. The van der Waals surface area contributed by atoms with E-state index in [1.165, 1.54) is 12.1 Å². The van der Waals surface area contributed by atoms with Crippen molar-refractivity contribution in [2.75, 3.05) is 17.2 Å². The zero-order valence-corrected chi connectivity index (χ0v) is 16.4. The van der Waals surface area contributed by atoms with E-state index in [1.54, 1.807) is 18.3 Å². The maximum atomic E-state index is 12.7. The first-order chi connectivity index (χ1) is 13.9. The van der Waals surface area contributed by atoms with Gasteiger partial charge in [0.2, 0.25) is 0 Å². The Morgan fingerprint density at radius 2 is 1.79 bits per heavy atom. The number of halogens is 4. The number of hydrogen-bond donors (Lipinski definition) is 3. The first kappa shape index (κ1) is 21.4. The van der Waals surface area contributed by atoms with Crippen LogP contribution in [0, 0.1) is 5.92 Å². The average Bonchev–Trinajstić information content (AvgIpc) is 2.72. The number of hydrogen-bond acceptors (Lipinski definition) is 4. The first-order valence-corrected chi connectivity index (χ1v) is 9.78. The van der Waals surface area contributed by atoms with E-state index in [-0.39, 0.29) is 5.69 Å². The molecule has 5 nitrogen and oxygen atoms in total. The molecule has 0 bridgehead atoms. The van der Waals surface area contributed by atoms with Gasteiger partial charge in [0, 0.05) is 24.5 Å². The summed E-state index contributed by atoms with van der Waals surface area (Å²) in [6, 6.07) is 7.94. The van der Waals surface area contributed by atoms with Crippen LogP contribution < -0.4 is 15.5 Å². The van der Waals surface area contributed by atoms with Crippen LogP contribution in [0.3, 0.4) is 0 Å². The van der Waals surface area contributed by atoms with Crippen molar-refractivity contribution in [2.24, 2.45) is 5.92 Å².